The number of nitriles is 1. The van der Waals surface area contributed by atoms with Crippen LogP contribution < -0.4 is 0 Å². The number of cyclic esters (lactones) is 1. The van der Waals surface area contributed by atoms with Crippen LogP contribution in [0.5, 0.6) is 0 Å². The molecule has 22 heavy (non-hydrogen) atoms. The molecule has 1 heterocycles. The highest BCUT2D eigenvalue weighted by atomic mass is 19.1. The number of rotatable bonds is 2. The van der Waals surface area contributed by atoms with Gasteiger partial charge in [-0.1, -0.05) is 24.3 Å². The van der Waals surface area contributed by atoms with E-state index in [4.69, 9.17) is 10.00 Å². The Labute approximate surface area is 125 Å². The van der Waals surface area contributed by atoms with Crippen molar-refractivity contribution in [2.24, 2.45) is 4.99 Å². The van der Waals surface area contributed by atoms with Crippen molar-refractivity contribution in [1.82, 2.24) is 0 Å². The summed E-state index contributed by atoms with van der Waals surface area (Å²) in [6.07, 6.45) is 1.53. The Morgan fingerprint density at radius 2 is 1.86 bits per heavy atom. The van der Waals surface area contributed by atoms with Crippen molar-refractivity contribution in [3.63, 3.8) is 0 Å². The first-order valence-corrected chi connectivity index (χ1v) is 6.45. The molecule has 0 N–H and O–H groups in total. The second kappa shape index (κ2) is 5.62. The van der Waals surface area contributed by atoms with Gasteiger partial charge in [-0.15, -0.1) is 0 Å². The molecule has 0 aliphatic carbocycles. The molecule has 0 saturated heterocycles. The standard InChI is InChI=1S/C17H9FN2O2/c18-14-4-2-1-3-13(14)16-20-15(17(21)22-16)9-11-5-7-12(10-19)8-6-11/h1-9H/b15-9+. The molecule has 0 fully saturated rings. The third-order valence-electron chi connectivity index (χ3n) is 3.07. The Morgan fingerprint density at radius 3 is 2.55 bits per heavy atom. The zero-order valence-corrected chi connectivity index (χ0v) is 11.3. The van der Waals surface area contributed by atoms with Crippen LogP contribution in [0.4, 0.5) is 4.39 Å². The van der Waals surface area contributed by atoms with Crippen molar-refractivity contribution in [3.8, 4) is 6.07 Å². The number of ether oxygens (including phenoxy) is 1. The van der Waals surface area contributed by atoms with Crippen LogP contribution in [0.3, 0.4) is 0 Å². The highest BCUT2D eigenvalue weighted by molar-refractivity contribution is 6.12. The van der Waals surface area contributed by atoms with Gasteiger partial charge in [0.1, 0.15) is 5.82 Å². The Hall–Kier alpha value is -3.26. The maximum Gasteiger partial charge on any atom is 0.363 e. The van der Waals surface area contributed by atoms with Crippen LogP contribution in [0.25, 0.3) is 6.08 Å². The minimum Gasteiger partial charge on any atom is -0.402 e. The lowest BCUT2D eigenvalue weighted by Gasteiger charge is -1.99. The second-order valence-electron chi connectivity index (χ2n) is 4.55. The summed E-state index contributed by atoms with van der Waals surface area (Å²) >= 11 is 0. The Balaban J connectivity index is 1.94. The first-order valence-electron chi connectivity index (χ1n) is 6.45. The summed E-state index contributed by atoms with van der Waals surface area (Å²) in [5, 5.41) is 8.74. The van der Waals surface area contributed by atoms with E-state index in [1.807, 2.05) is 6.07 Å². The van der Waals surface area contributed by atoms with Crippen molar-refractivity contribution in [3.05, 3.63) is 76.7 Å². The van der Waals surface area contributed by atoms with Crippen LogP contribution in [0.1, 0.15) is 16.7 Å². The molecular formula is C17H9FN2O2. The monoisotopic (exact) mass is 292 g/mol. The second-order valence-corrected chi connectivity index (χ2v) is 4.55. The lowest BCUT2D eigenvalue weighted by atomic mass is 10.1. The molecular weight excluding hydrogens is 283 g/mol. The van der Waals surface area contributed by atoms with Gasteiger partial charge in [0.05, 0.1) is 17.2 Å². The molecule has 106 valence electrons. The van der Waals surface area contributed by atoms with Crippen molar-refractivity contribution in [2.75, 3.05) is 0 Å². The van der Waals surface area contributed by atoms with E-state index in [0.29, 0.717) is 11.1 Å². The molecule has 4 nitrogen and oxygen atoms in total. The fourth-order valence-electron chi connectivity index (χ4n) is 1.97. The average molecular weight is 292 g/mol. The maximum atomic E-state index is 13.7. The Bertz CT molecular complexity index is 846. The van der Waals surface area contributed by atoms with E-state index < -0.39 is 11.8 Å². The molecule has 0 bridgehead atoms. The quantitative estimate of drug-likeness (QED) is 0.631. The summed E-state index contributed by atoms with van der Waals surface area (Å²) < 4.78 is 18.7. The fourth-order valence-corrected chi connectivity index (χ4v) is 1.97. The molecule has 0 unspecified atom stereocenters. The van der Waals surface area contributed by atoms with Gasteiger partial charge >= 0.3 is 5.97 Å². The topological polar surface area (TPSA) is 62.4 Å². The number of aliphatic imine (C=N–C) groups is 1. The van der Waals surface area contributed by atoms with Gasteiger partial charge < -0.3 is 4.74 Å². The van der Waals surface area contributed by atoms with Crippen molar-refractivity contribution < 1.29 is 13.9 Å². The number of hydrogen-bond donors (Lipinski definition) is 0. The van der Waals surface area contributed by atoms with Gasteiger partial charge in [0.2, 0.25) is 5.90 Å². The van der Waals surface area contributed by atoms with Gasteiger partial charge in [0.25, 0.3) is 0 Å². The van der Waals surface area contributed by atoms with Crippen LogP contribution in [0.2, 0.25) is 0 Å². The highest BCUT2D eigenvalue weighted by Crippen LogP contribution is 2.20. The van der Waals surface area contributed by atoms with Gasteiger partial charge in [0.15, 0.2) is 5.70 Å². The van der Waals surface area contributed by atoms with E-state index in [0.717, 1.165) is 0 Å². The van der Waals surface area contributed by atoms with E-state index in [1.165, 1.54) is 18.2 Å². The lowest BCUT2D eigenvalue weighted by Crippen LogP contribution is -2.07. The normalized spacial score (nSPS) is 15.4. The maximum absolute atomic E-state index is 13.7. The molecule has 1 aliphatic rings. The van der Waals surface area contributed by atoms with E-state index in [2.05, 4.69) is 4.99 Å². The van der Waals surface area contributed by atoms with Gasteiger partial charge in [-0.05, 0) is 35.9 Å². The average Bonchev–Trinajstić information content (AvgIpc) is 2.89. The number of hydrogen-bond acceptors (Lipinski definition) is 4. The number of nitrogens with zero attached hydrogens (tertiary/aromatic N) is 2. The summed E-state index contributed by atoms with van der Waals surface area (Å²) in [5.41, 5.74) is 1.44. The van der Waals surface area contributed by atoms with Crippen LogP contribution >= 0.6 is 0 Å². The minimum atomic E-state index is -0.636. The van der Waals surface area contributed by atoms with E-state index in [1.54, 1.807) is 36.4 Å². The van der Waals surface area contributed by atoms with Crippen molar-refractivity contribution in [2.45, 2.75) is 0 Å². The molecule has 0 saturated carbocycles. The summed E-state index contributed by atoms with van der Waals surface area (Å²) in [6, 6.07) is 14.6. The SMILES string of the molecule is N#Cc1ccc(/C=C2/N=C(c3ccccc3F)OC2=O)cc1. The van der Waals surface area contributed by atoms with Gasteiger partial charge in [0, 0.05) is 0 Å². The zero-order chi connectivity index (χ0) is 15.5. The molecule has 0 atom stereocenters. The van der Waals surface area contributed by atoms with E-state index in [-0.39, 0.29) is 17.2 Å². The number of benzene rings is 2. The Kier molecular flexibility index (Phi) is 3.50. The molecule has 0 amide bonds. The smallest absolute Gasteiger partial charge is 0.363 e. The number of carbonyl (C=O) groups excluding carboxylic acids is 1. The van der Waals surface area contributed by atoms with Crippen LogP contribution in [-0.4, -0.2) is 11.9 Å². The van der Waals surface area contributed by atoms with E-state index >= 15 is 0 Å². The molecule has 2 aromatic rings. The third kappa shape index (κ3) is 2.63. The van der Waals surface area contributed by atoms with Gasteiger partial charge in [-0.2, -0.15) is 5.26 Å². The predicted molar refractivity (Wildman–Crippen MR) is 78.2 cm³/mol. The lowest BCUT2D eigenvalue weighted by molar-refractivity contribution is -0.129. The van der Waals surface area contributed by atoms with Crippen molar-refractivity contribution in [1.29, 1.82) is 5.26 Å². The van der Waals surface area contributed by atoms with Crippen LogP contribution in [0, 0.1) is 17.1 Å². The van der Waals surface area contributed by atoms with Gasteiger partial charge in [-0.25, -0.2) is 14.2 Å². The summed E-state index contributed by atoms with van der Waals surface area (Å²) in [7, 11) is 0. The number of halogens is 1. The highest BCUT2D eigenvalue weighted by Gasteiger charge is 2.25. The molecule has 1 aliphatic heterocycles. The van der Waals surface area contributed by atoms with Crippen molar-refractivity contribution >= 4 is 17.9 Å². The van der Waals surface area contributed by atoms with E-state index in [9.17, 15) is 9.18 Å². The summed E-state index contributed by atoms with van der Waals surface area (Å²) in [6.45, 7) is 0. The molecule has 0 aromatic heterocycles. The Morgan fingerprint density at radius 1 is 1.14 bits per heavy atom. The number of carbonyl (C=O) groups is 1. The van der Waals surface area contributed by atoms with Crippen LogP contribution in [0.15, 0.2) is 59.2 Å². The molecule has 0 radical (unpaired) electrons. The largest absolute Gasteiger partial charge is 0.402 e. The minimum absolute atomic E-state index is 0.0528. The first-order chi connectivity index (χ1) is 10.7. The fraction of sp³-hybridized carbons (Fsp3) is 0. The van der Waals surface area contributed by atoms with Crippen LogP contribution in [-0.2, 0) is 9.53 Å². The predicted octanol–water partition coefficient (Wildman–Crippen LogP) is 3.04. The van der Waals surface area contributed by atoms with Gasteiger partial charge in [-0.3, -0.25) is 0 Å². The number of esters is 1. The zero-order valence-electron chi connectivity index (χ0n) is 11.3. The molecule has 0 spiro atoms. The first kappa shape index (κ1) is 13.7. The molecule has 5 heteroatoms. The molecule has 2 aromatic carbocycles. The summed E-state index contributed by atoms with van der Waals surface area (Å²) in [4.78, 5) is 15.9. The molecule has 3 rings (SSSR count). The third-order valence-corrected chi connectivity index (χ3v) is 3.07. The summed E-state index contributed by atoms with van der Waals surface area (Å²) in [5.74, 6) is -1.20.